The molecule has 0 unspecified atom stereocenters. The zero-order valence-corrected chi connectivity index (χ0v) is 15.8. The van der Waals surface area contributed by atoms with Gasteiger partial charge in [-0.3, -0.25) is 14.5 Å². The Morgan fingerprint density at radius 2 is 1.64 bits per heavy atom. The van der Waals surface area contributed by atoms with Crippen LogP contribution in [-0.2, 0) is 11.3 Å². The highest BCUT2D eigenvalue weighted by Gasteiger charge is 2.29. The molecule has 0 bridgehead atoms. The summed E-state index contributed by atoms with van der Waals surface area (Å²) >= 11 is 0. The second-order valence-corrected chi connectivity index (χ2v) is 7.33. The molecule has 0 saturated carbocycles. The summed E-state index contributed by atoms with van der Waals surface area (Å²) in [6, 6.07) is 14.2. The SMILES string of the molecule is O=C(c1ccccc1N1CCCC1=O)N1CCN(Cc2ccccc2F)CC1. The van der Waals surface area contributed by atoms with E-state index in [2.05, 4.69) is 4.90 Å². The van der Waals surface area contributed by atoms with Crippen LogP contribution in [0.25, 0.3) is 0 Å². The molecule has 6 heteroatoms. The molecule has 5 nitrogen and oxygen atoms in total. The number of nitrogens with zero attached hydrogens (tertiary/aromatic N) is 3. The minimum Gasteiger partial charge on any atom is -0.336 e. The molecule has 146 valence electrons. The quantitative estimate of drug-likeness (QED) is 0.818. The monoisotopic (exact) mass is 381 g/mol. The number of piperazine rings is 1. The predicted octanol–water partition coefficient (Wildman–Crippen LogP) is 2.91. The molecule has 2 heterocycles. The second kappa shape index (κ2) is 8.10. The van der Waals surface area contributed by atoms with E-state index >= 15 is 0 Å². The van der Waals surface area contributed by atoms with Gasteiger partial charge in [-0.2, -0.15) is 0 Å². The van der Waals surface area contributed by atoms with Crippen molar-refractivity contribution in [3.05, 3.63) is 65.5 Å². The number of para-hydroxylation sites is 1. The number of amides is 2. The van der Waals surface area contributed by atoms with Gasteiger partial charge < -0.3 is 9.80 Å². The molecule has 2 aromatic carbocycles. The lowest BCUT2D eigenvalue weighted by atomic mass is 10.1. The van der Waals surface area contributed by atoms with Crippen molar-refractivity contribution in [3.8, 4) is 0 Å². The van der Waals surface area contributed by atoms with E-state index in [0.717, 1.165) is 6.42 Å². The molecule has 0 aliphatic carbocycles. The van der Waals surface area contributed by atoms with Crippen LogP contribution < -0.4 is 4.90 Å². The minimum absolute atomic E-state index is 0.0409. The number of rotatable bonds is 4. The van der Waals surface area contributed by atoms with Crippen molar-refractivity contribution in [2.45, 2.75) is 19.4 Å². The minimum atomic E-state index is -0.190. The van der Waals surface area contributed by atoms with Gasteiger partial charge in [0.1, 0.15) is 5.82 Å². The highest BCUT2D eigenvalue weighted by Crippen LogP contribution is 2.27. The molecular weight excluding hydrogens is 357 g/mol. The molecule has 2 aliphatic heterocycles. The van der Waals surface area contributed by atoms with E-state index in [4.69, 9.17) is 0 Å². The third kappa shape index (κ3) is 3.78. The highest BCUT2D eigenvalue weighted by atomic mass is 19.1. The van der Waals surface area contributed by atoms with Crippen LogP contribution in [0.3, 0.4) is 0 Å². The molecule has 2 saturated heterocycles. The zero-order valence-electron chi connectivity index (χ0n) is 15.8. The molecule has 4 rings (SSSR count). The van der Waals surface area contributed by atoms with Crippen LogP contribution in [-0.4, -0.2) is 54.3 Å². The first-order chi connectivity index (χ1) is 13.6. The van der Waals surface area contributed by atoms with Crippen molar-refractivity contribution in [2.75, 3.05) is 37.6 Å². The maximum atomic E-state index is 13.9. The molecule has 0 N–H and O–H groups in total. The van der Waals surface area contributed by atoms with Crippen molar-refractivity contribution in [1.29, 1.82) is 0 Å². The summed E-state index contributed by atoms with van der Waals surface area (Å²) in [5, 5.41) is 0. The third-order valence-electron chi connectivity index (χ3n) is 5.51. The van der Waals surface area contributed by atoms with Crippen molar-refractivity contribution in [2.24, 2.45) is 0 Å². The Hall–Kier alpha value is -2.73. The fourth-order valence-corrected chi connectivity index (χ4v) is 3.94. The van der Waals surface area contributed by atoms with Gasteiger partial charge in [0, 0.05) is 51.3 Å². The van der Waals surface area contributed by atoms with Crippen molar-refractivity contribution in [3.63, 3.8) is 0 Å². The fraction of sp³-hybridized carbons (Fsp3) is 0.364. The Morgan fingerprint density at radius 3 is 2.36 bits per heavy atom. The zero-order chi connectivity index (χ0) is 19.5. The van der Waals surface area contributed by atoms with Gasteiger partial charge >= 0.3 is 0 Å². The summed E-state index contributed by atoms with van der Waals surface area (Å²) in [5.41, 5.74) is 1.98. The van der Waals surface area contributed by atoms with Crippen molar-refractivity contribution >= 4 is 17.5 Å². The van der Waals surface area contributed by atoms with E-state index in [-0.39, 0.29) is 17.6 Å². The Balaban J connectivity index is 1.42. The maximum Gasteiger partial charge on any atom is 0.256 e. The van der Waals surface area contributed by atoms with Gasteiger partial charge in [-0.05, 0) is 24.6 Å². The molecule has 2 aromatic rings. The van der Waals surface area contributed by atoms with E-state index in [0.29, 0.717) is 62.5 Å². The van der Waals surface area contributed by atoms with Gasteiger partial charge in [-0.25, -0.2) is 4.39 Å². The second-order valence-electron chi connectivity index (χ2n) is 7.33. The number of carbonyl (C=O) groups excluding carboxylic acids is 2. The summed E-state index contributed by atoms with van der Waals surface area (Å²) in [6.45, 7) is 3.80. The number of benzene rings is 2. The summed E-state index contributed by atoms with van der Waals surface area (Å²) in [5.74, 6) is -0.152. The van der Waals surface area contributed by atoms with Crippen LogP contribution >= 0.6 is 0 Å². The standard InChI is InChI=1S/C22H24FN3O2/c23-19-8-3-1-6-17(19)16-24-12-14-25(15-13-24)22(28)18-7-2-4-9-20(18)26-11-5-10-21(26)27/h1-4,6-9H,5,10-16H2. The van der Waals surface area contributed by atoms with Gasteiger partial charge in [0.25, 0.3) is 5.91 Å². The van der Waals surface area contributed by atoms with E-state index in [1.165, 1.54) is 6.07 Å². The number of carbonyl (C=O) groups is 2. The van der Waals surface area contributed by atoms with Crippen LogP contribution in [0.2, 0.25) is 0 Å². The summed E-state index contributed by atoms with van der Waals surface area (Å²) in [6.07, 6.45) is 1.37. The maximum absolute atomic E-state index is 13.9. The van der Waals surface area contributed by atoms with Gasteiger partial charge in [0.15, 0.2) is 0 Å². The molecule has 0 spiro atoms. The average molecular weight is 381 g/mol. The number of halogens is 1. The molecule has 0 aromatic heterocycles. The van der Waals surface area contributed by atoms with Gasteiger partial charge in [0.05, 0.1) is 11.3 Å². The van der Waals surface area contributed by atoms with E-state index in [9.17, 15) is 14.0 Å². The largest absolute Gasteiger partial charge is 0.336 e. The number of anilines is 1. The Morgan fingerprint density at radius 1 is 0.929 bits per heavy atom. The summed E-state index contributed by atoms with van der Waals surface area (Å²) in [4.78, 5) is 31.0. The van der Waals surface area contributed by atoms with Crippen molar-refractivity contribution < 1.29 is 14.0 Å². The molecule has 2 amide bonds. The van der Waals surface area contributed by atoms with Crippen LogP contribution in [0.15, 0.2) is 48.5 Å². The van der Waals surface area contributed by atoms with Crippen LogP contribution in [0.4, 0.5) is 10.1 Å². The lowest BCUT2D eigenvalue weighted by Gasteiger charge is -2.35. The van der Waals surface area contributed by atoms with Crippen LogP contribution in [0.5, 0.6) is 0 Å². The molecule has 0 radical (unpaired) electrons. The third-order valence-corrected chi connectivity index (χ3v) is 5.51. The van der Waals surface area contributed by atoms with E-state index in [1.807, 2.05) is 29.2 Å². The fourth-order valence-electron chi connectivity index (χ4n) is 3.94. The first kappa shape index (κ1) is 18.6. The molecule has 0 atom stereocenters. The molecule has 28 heavy (non-hydrogen) atoms. The lowest BCUT2D eigenvalue weighted by molar-refractivity contribution is -0.117. The molecule has 2 aliphatic rings. The summed E-state index contributed by atoms with van der Waals surface area (Å²) < 4.78 is 13.9. The number of hydrogen-bond donors (Lipinski definition) is 0. The smallest absolute Gasteiger partial charge is 0.256 e. The van der Waals surface area contributed by atoms with E-state index in [1.54, 1.807) is 23.1 Å². The molecular formula is C22H24FN3O2. The Labute approximate surface area is 164 Å². The van der Waals surface area contributed by atoms with Gasteiger partial charge in [0.2, 0.25) is 5.91 Å². The molecule has 2 fully saturated rings. The Bertz CT molecular complexity index is 878. The Kier molecular flexibility index (Phi) is 5.39. The topological polar surface area (TPSA) is 43.9 Å². The van der Waals surface area contributed by atoms with E-state index < -0.39 is 0 Å². The normalized spacial score (nSPS) is 18.0. The first-order valence-corrected chi connectivity index (χ1v) is 9.78. The lowest BCUT2D eigenvalue weighted by Crippen LogP contribution is -2.48. The van der Waals surface area contributed by atoms with Gasteiger partial charge in [-0.15, -0.1) is 0 Å². The summed E-state index contributed by atoms with van der Waals surface area (Å²) in [7, 11) is 0. The van der Waals surface area contributed by atoms with Gasteiger partial charge in [-0.1, -0.05) is 30.3 Å². The van der Waals surface area contributed by atoms with Crippen LogP contribution in [0, 0.1) is 5.82 Å². The average Bonchev–Trinajstić information content (AvgIpc) is 3.15. The predicted molar refractivity (Wildman–Crippen MR) is 106 cm³/mol. The first-order valence-electron chi connectivity index (χ1n) is 9.78. The highest BCUT2D eigenvalue weighted by molar-refractivity contribution is 6.05. The number of hydrogen-bond acceptors (Lipinski definition) is 3. The van der Waals surface area contributed by atoms with Crippen molar-refractivity contribution in [1.82, 2.24) is 9.80 Å². The van der Waals surface area contributed by atoms with Crippen LogP contribution in [0.1, 0.15) is 28.8 Å².